The number of nitrogens with zero attached hydrogens (tertiary/aromatic N) is 4. The van der Waals surface area contributed by atoms with Crippen LogP contribution in [0.4, 0.5) is 27.8 Å². The minimum atomic E-state index is -0.741. The summed E-state index contributed by atoms with van der Waals surface area (Å²) in [5.41, 5.74) is 6.17. The van der Waals surface area contributed by atoms with Gasteiger partial charge in [0.25, 0.3) is 0 Å². The number of rotatable bonds is 6. The van der Waals surface area contributed by atoms with E-state index in [0.29, 0.717) is 0 Å². The van der Waals surface area contributed by atoms with Crippen molar-refractivity contribution >= 4 is 35.3 Å². The highest BCUT2D eigenvalue weighted by atomic mass is 16.6. The number of hydrogen-bond donors (Lipinski definition) is 2. The Morgan fingerprint density at radius 2 is 2.15 bits per heavy atom. The number of carbonyl (C=O) groups excluding carboxylic acids is 1. The molecular formula is C16H18N6O4. The normalized spacial score (nSPS) is 10.5. The Bertz CT molecular complexity index is 825. The molecule has 2 rings (SSSR count). The molecule has 0 saturated carbocycles. The zero-order chi connectivity index (χ0) is 19.1. The quantitative estimate of drug-likeness (QED) is 0.460. The Labute approximate surface area is 149 Å². The van der Waals surface area contributed by atoms with Crippen molar-refractivity contribution < 1.29 is 14.5 Å². The lowest BCUT2D eigenvalue weighted by Crippen LogP contribution is -2.17. The molecule has 0 spiro atoms. The van der Waals surface area contributed by atoms with Gasteiger partial charge in [-0.25, -0.2) is 9.78 Å². The zero-order valence-corrected chi connectivity index (χ0v) is 14.2. The summed E-state index contributed by atoms with van der Waals surface area (Å²) in [5.74, 6) is -0.329. The number of nitrogens with two attached hydrogens (primary N) is 1. The summed E-state index contributed by atoms with van der Waals surface area (Å²) < 4.78 is 4.76. The maximum absolute atomic E-state index is 11.5. The summed E-state index contributed by atoms with van der Waals surface area (Å²) in [6, 6.07) is 10.5. The molecule has 1 aromatic carbocycles. The van der Waals surface area contributed by atoms with E-state index in [1.165, 1.54) is 18.1 Å². The molecule has 0 fully saturated rings. The van der Waals surface area contributed by atoms with Crippen molar-refractivity contribution in [3.63, 3.8) is 0 Å². The smallest absolute Gasteiger partial charge is 0.412 e. The number of nitrogens with one attached hydrogen (secondary N) is 1. The number of aromatic nitrogens is 1. The molecule has 0 atom stereocenters. The highest BCUT2D eigenvalue weighted by molar-refractivity contribution is 5.87. The van der Waals surface area contributed by atoms with Gasteiger partial charge < -0.3 is 10.5 Å². The van der Waals surface area contributed by atoms with Gasteiger partial charge in [0, 0.05) is 13.1 Å². The van der Waals surface area contributed by atoms with E-state index in [1.54, 1.807) is 13.1 Å². The highest BCUT2D eigenvalue weighted by Gasteiger charge is 2.24. The van der Waals surface area contributed by atoms with Crippen molar-refractivity contribution in [2.24, 2.45) is 5.10 Å². The molecule has 3 N–H and O–H groups in total. The van der Waals surface area contributed by atoms with Crippen LogP contribution in [-0.4, -0.2) is 35.9 Å². The predicted octanol–water partition coefficient (Wildman–Crippen LogP) is 2.61. The molecule has 26 heavy (non-hydrogen) atoms. The Kier molecular flexibility index (Phi) is 6.04. The average molecular weight is 358 g/mol. The van der Waals surface area contributed by atoms with Gasteiger partial charge in [0.05, 0.1) is 17.7 Å². The fraction of sp³-hybridized carbons (Fsp3) is 0.188. The third-order valence-electron chi connectivity index (χ3n) is 3.22. The standard InChI is InChI=1S/C16H18N6O4/c1-3-26-16(23)20-13-9-12(14(22(24)25)15(17)19-13)21(2)18-10-11-7-5-4-6-8-11/h4-10H,3H2,1-2H3,(H3,17,19,20,23)/b18-10+. The Morgan fingerprint density at radius 3 is 2.77 bits per heavy atom. The largest absolute Gasteiger partial charge is 0.450 e. The molecule has 10 heteroatoms. The number of hydrazone groups is 1. The Balaban J connectivity index is 2.36. The average Bonchev–Trinajstić information content (AvgIpc) is 2.59. The highest BCUT2D eigenvalue weighted by Crippen LogP contribution is 2.34. The first kappa shape index (κ1) is 18.6. The first-order valence-electron chi connectivity index (χ1n) is 7.63. The lowest BCUT2D eigenvalue weighted by Gasteiger charge is -2.15. The number of hydrogen-bond acceptors (Lipinski definition) is 8. The van der Waals surface area contributed by atoms with Crippen molar-refractivity contribution in [3.05, 3.63) is 52.1 Å². The first-order valence-corrected chi connectivity index (χ1v) is 7.63. The number of anilines is 3. The minimum Gasteiger partial charge on any atom is -0.450 e. The monoisotopic (exact) mass is 358 g/mol. The second-order valence-corrected chi connectivity index (χ2v) is 5.04. The fourth-order valence-corrected chi connectivity index (χ4v) is 2.07. The number of nitro groups is 1. The summed E-state index contributed by atoms with van der Waals surface area (Å²) in [7, 11) is 1.52. The van der Waals surface area contributed by atoms with Crippen LogP contribution in [0.5, 0.6) is 0 Å². The second kappa shape index (κ2) is 8.42. The SMILES string of the molecule is CCOC(=O)Nc1cc(N(C)/N=C/c2ccccc2)c([N+](=O)[O-])c(N)n1. The van der Waals surface area contributed by atoms with E-state index in [-0.39, 0.29) is 23.9 Å². The molecule has 0 saturated heterocycles. The lowest BCUT2D eigenvalue weighted by atomic mass is 10.2. The van der Waals surface area contributed by atoms with E-state index >= 15 is 0 Å². The van der Waals surface area contributed by atoms with E-state index in [0.717, 1.165) is 5.56 Å². The third kappa shape index (κ3) is 4.66. The van der Waals surface area contributed by atoms with E-state index < -0.39 is 16.7 Å². The van der Waals surface area contributed by atoms with Crippen LogP contribution in [0.3, 0.4) is 0 Å². The number of pyridine rings is 1. The molecule has 0 bridgehead atoms. The van der Waals surface area contributed by atoms with Crippen LogP contribution < -0.4 is 16.1 Å². The van der Waals surface area contributed by atoms with Gasteiger partial charge in [-0.05, 0) is 12.5 Å². The molecule has 1 heterocycles. The Morgan fingerprint density at radius 1 is 1.46 bits per heavy atom. The molecule has 0 unspecified atom stereocenters. The molecule has 0 aliphatic rings. The summed E-state index contributed by atoms with van der Waals surface area (Å²) in [6.45, 7) is 1.82. The van der Waals surface area contributed by atoms with E-state index in [2.05, 4.69) is 15.4 Å². The summed E-state index contributed by atoms with van der Waals surface area (Å²) in [5, 5.41) is 19.2. The minimum absolute atomic E-state index is 0.0170. The fourth-order valence-electron chi connectivity index (χ4n) is 2.07. The van der Waals surface area contributed by atoms with Crippen LogP contribution in [0.2, 0.25) is 0 Å². The van der Waals surface area contributed by atoms with Crippen molar-refractivity contribution in [2.75, 3.05) is 29.7 Å². The topological polar surface area (TPSA) is 136 Å². The molecule has 1 amide bonds. The van der Waals surface area contributed by atoms with Gasteiger partial charge in [-0.15, -0.1) is 0 Å². The third-order valence-corrected chi connectivity index (χ3v) is 3.22. The van der Waals surface area contributed by atoms with Gasteiger partial charge in [-0.3, -0.25) is 20.4 Å². The zero-order valence-electron chi connectivity index (χ0n) is 14.2. The van der Waals surface area contributed by atoms with Crippen molar-refractivity contribution in [1.82, 2.24) is 4.98 Å². The van der Waals surface area contributed by atoms with Gasteiger partial charge in [0.1, 0.15) is 11.5 Å². The number of ether oxygens (including phenoxy) is 1. The van der Waals surface area contributed by atoms with Crippen LogP contribution in [0, 0.1) is 10.1 Å². The van der Waals surface area contributed by atoms with Crippen LogP contribution in [0.1, 0.15) is 12.5 Å². The lowest BCUT2D eigenvalue weighted by molar-refractivity contribution is -0.383. The van der Waals surface area contributed by atoms with Crippen LogP contribution in [-0.2, 0) is 4.74 Å². The van der Waals surface area contributed by atoms with E-state index in [1.807, 2.05) is 30.3 Å². The van der Waals surface area contributed by atoms with Crippen molar-refractivity contribution in [2.45, 2.75) is 6.92 Å². The number of benzene rings is 1. The van der Waals surface area contributed by atoms with Crippen LogP contribution in [0.25, 0.3) is 0 Å². The van der Waals surface area contributed by atoms with Crippen molar-refractivity contribution in [1.29, 1.82) is 0 Å². The maximum atomic E-state index is 11.5. The number of amides is 1. The maximum Gasteiger partial charge on any atom is 0.412 e. The summed E-state index contributed by atoms with van der Waals surface area (Å²) >= 11 is 0. The summed E-state index contributed by atoms with van der Waals surface area (Å²) in [6.07, 6.45) is 0.799. The molecule has 0 aliphatic carbocycles. The van der Waals surface area contributed by atoms with E-state index in [4.69, 9.17) is 10.5 Å². The van der Waals surface area contributed by atoms with Crippen LogP contribution in [0.15, 0.2) is 41.5 Å². The van der Waals surface area contributed by atoms with Gasteiger partial charge in [-0.1, -0.05) is 30.3 Å². The molecule has 0 aliphatic heterocycles. The van der Waals surface area contributed by atoms with Crippen molar-refractivity contribution in [3.8, 4) is 0 Å². The first-order chi connectivity index (χ1) is 12.4. The van der Waals surface area contributed by atoms with Crippen LogP contribution >= 0.6 is 0 Å². The molecule has 10 nitrogen and oxygen atoms in total. The van der Waals surface area contributed by atoms with Gasteiger partial charge >= 0.3 is 11.8 Å². The van der Waals surface area contributed by atoms with Gasteiger partial charge in [-0.2, -0.15) is 5.10 Å². The van der Waals surface area contributed by atoms with Gasteiger partial charge in [0.2, 0.25) is 5.82 Å². The Hall–Kier alpha value is -3.69. The molecular weight excluding hydrogens is 340 g/mol. The number of carbonyl (C=O) groups is 1. The predicted molar refractivity (Wildman–Crippen MR) is 98.4 cm³/mol. The molecule has 136 valence electrons. The second-order valence-electron chi connectivity index (χ2n) is 5.04. The number of nitrogen functional groups attached to an aromatic ring is 1. The molecule has 1 aromatic heterocycles. The summed E-state index contributed by atoms with van der Waals surface area (Å²) in [4.78, 5) is 26.1. The van der Waals surface area contributed by atoms with Gasteiger partial charge in [0.15, 0.2) is 0 Å². The molecule has 2 aromatic rings. The molecule has 0 radical (unpaired) electrons. The van der Waals surface area contributed by atoms with E-state index in [9.17, 15) is 14.9 Å².